The summed E-state index contributed by atoms with van der Waals surface area (Å²) in [6, 6.07) is 12.6. The van der Waals surface area contributed by atoms with E-state index in [-0.39, 0.29) is 30.8 Å². The van der Waals surface area contributed by atoms with E-state index in [1.54, 1.807) is 24.3 Å². The van der Waals surface area contributed by atoms with Crippen molar-refractivity contribution in [1.29, 1.82) is 0 Å². The Labute approximate surface area is 159 Å². The van der Waals surface area contributed by atoms with Gasteiger partial charge in [0.15, 0.2) is 6.61 Å². The number of carbonyl (C=O) groups excluding carboxylic acids is 2. The molecule has 0 bridgehead atoms. The highest BCUT2D eigenvalue weighted by Crippen LogP contribution is 2.15. The highest BCUT2D eigenvalue weighted by Gasteiger charge is 2.28. The molecule has 0 aliphatic carbocycles. The Morgan fingerprint density at radius 3 is 2.30 bits per heavy atom. The summed E-state index contributed by atoms with van der Waals surface area (Å²) in [7, 11) is 1.54. The summed E-state index contributed by atoms with van der Waals surface area (Å²) in [5.41, 5.74) is 1.83. The SMILES string of the molecule is CCC(C(=O)NC)N(Cc1ccc(F)cc1)C(=O)COc1ccc(C)cc1. The topological polar surface area (TPSA) is 58.6 Å². The first-order chi connectivity index (χ1) is 12.9. The van der Waals surface area contributed by atoms with E-state index in [1.807, 2.05) is 26.0 Å². The van der Waals surface area contributed by atoms with E-state index < -0.39 is 6.04 Å². The Morgan fingerprint density at radius 2 is 1.74 bits per heavy atom. The molecule has 0 aromatic heterocycles. The van der Waals surface area contributed by atoms with Crippen molar-refractivity contribution < 1.29 is 18.7 Å². The van der Waals surface area contributed by atoms with E-state index in [1.165, 1.54) is 24.1 Å². The molecule has 0 fully saturated rings. The second kappa shape index (κ2) is 9.71. The quantitative estimate of drug-likeness (QED) is 0.775. The smallest absolute Gasteiger partial charge is 0.261 e. The van der Waals surface area contributed by atoms with E-state index in [2.05, 4.69) is 5.32 Å². The molecule has 0 aliphatic heterocycles. The van der Waals surface area contributed by atoms with Crippen LogP contribution in [-0.4, -0.2) is 36.4 Å². The third-order valence-electron chi connectivity index (χ3n) is 4.28. The van der Waals surface area contributed by atoms with Crippen molar-refractivity contribution in [3.63, 3.8) is 0 Å². The first-order valence-corrected chi connectivity index (χ1v) is 8.89. The molecule has 0 saturated heterocycles. The van der Waals surface area contributed by atoms with E-state index in [4.69, 9.17) is 4.74 Å². The third-order valence-corrected chi connectivity index (χ3v) is 4.28. The second-order valence-corrected chi connectivity index (χ2v) is 6.29. The van der Waals surface area contributed by atoms with Crippen LogP contribution in [0.25, 0.3) is 0 Å². The maximum Gasteiger partial charge on any atom is 0.261 e. The lowest BCUT2D eigenvalue weighted by Gasteiger charge is -2.30. The van der Waals surface area contributed by atoms with Crippen molar-refractivity contribution in [3.8, 4) is 5.75 Å². The molecular formula is C21H25FN2O3. The molecule has 0 spiro atoms. The van der Waals surface area contributed by atoms with Crippen molar-refractivity contribution in [2.24, 2.45) is 0 Å². The number of rotatable bonds is 8. The molecule has 1 N–H and O–H groups in total. The van der Waals surface area contributed by atoms with Gasteiger partial charge in [-0.3, -0.25) is 9.59 Å². The van der Waals surface area contributed by atoms with Crippen LogP contribution in [0.3, 0.4) is 0 Å². The fraction of sp³-hybridized carbons (Fsp3) is 0.333. The highest BCUT2D eigenvalue weighted by molar-refractivity contribution is 5.88. The molecule has 1 unspecified atom stereocenters. The van der Waals surface area contributed by atoms with Gasteiger partial charge in [-0.25, -0.2) is 4.39 Å². The van der Waals surface area contributed by atoms with Crippen LogP contribution in [0, 0.1) is 12.7 Å². The average Bonchev–Trinajstić information content (AvgIpc) is 2.68. The zero-order valence-corrected chi connectivity index (χ0v) is 15.9. The van der Waals surface area contributed by atoms with Gasteiger partial charge in [0.05, 0.1) is 0 Å². The number of aryl methyl sites for hydroxylation is 1. The summed E-state index contributed by atoms with van der Waals surface area (Å²) in [6.07, 6.45) is 0.455. The van der Waals surface area contributed by atoms with Gasteiger partial charge in [0, 0.05) is 13.6 Å². The standard InChI is InChI=1S/C21H25FN2O3/c1-4-19(21(26)23-3)24(13-16-7-9-17(22)10-8-16)20(25)14-27-18-11-5-15(2)6-12-18/h5-12,19H,4,13-14H2,1-3H3,(H,23,26). The minimum absolute atomic E-state index is 0.183. The number of halogens is 1. The van der Waals surface area contributed by atoms with Gasteiger partial charge in [-0.05, 0) is 43.2 Å². The Hall–Kier alpha value is -2.89. The predicted octanol–water partition coefficient (Wildman–Crippen LogP) is 3.07. The van der Waals surface area contributed by atoms with Gasteiger partial charge in [-0.2, -0.15) is 0 Å². The summed E-state index contributed by atoms with van der Waals surface area (Å²) in [5.74, 6) is -0.319. The number of nitrogens with one attached hydrogen (secondary N) is 1. The third kappa shape index (κ3) is 5.81. The monoisotopic (exact) mass is 372 g/mol. The zero-order valence-electron chi connectivity index (χ0n) is 15.9. The molecule has 2 aromatic rings. The first-order valence-electron chi connectivity index (χ1n) is 8.89. The normalized spacial score (nSPS) is 11.6. The Bertz CT molecular complexity index is 760. The lowest BCUT2D eigenvalue weighted by molar-refractivity contribution is -0.142. The van der Waals surface area contributed by atoms with E-state index >= 15 is 0 Å². The summed E-state index contributed by atoms with van der Waals surface area (Å²) in [6.45, 7) is 3.82. The minimum atomic E-state index is -0.630. The van der Waals surface area contributed by atoms with Crippen LogP contribution >= 0.6 is 0 Å². The number of nitrogens with zero attached hydrogens (tertiary/aromatic N) is 1. The van der Waals surface area contributed by atoms with Crippen LogP contribution in [0.2, 0.25) is 0 Å². The molecule has 2 rings (SSSR count). The Balaban J connectivity index is 2.15. The van der Waals surface area contributed by atoms with Crippen LogP contribution < -0.4 is 10.1 Å². The Kier molecular flexibility index (Phi) is 7.34. The maximum absolute atomic E-state index is 13.2. The van der Waals surface area contributed by atoms with Gasteiger partial charge < -0.3 is 15.0 Å². The second-order valence-electron chi connectivity index (χ2n) is 6.29. The van der Waals surface area contributed by atoms with Gasteiger partial charge in [0.2, 0.25) is 5.91 Å². The molecule has 0 saturated carbocycles. The molecule has 2 amide bonds. The number of likely N-dealkylation sites (N-methyl/N-ethyl adjacent to an activating group) is 1. The molecule has 0 heterocycles. The molecule has 144 valence electrons. The molecular weight excluding hydrogens is 347 g/mol. The molecule has 5 nitrogen and oxygen atoms in total. The van der Waals surface area contributed by atoms with Crippen LogP contribution in [0.1, 0.15) is 24.5 Å². The summed E-state index contributed by atoms with van der Waals surface area (Å²) < 4.78 is 18.7. The molecule has 1 atom stereocenters. The number of benzene rings is 2. The minimum Gasteiger partial charge on any atom is -0.484 e. The van der Waals surface area contributed by atoms with Crippen molar-refractivity contribution in [2.75, 3.05) is 13.7 Å². The van der Waals surface area contributed by atoms with Gasteiger partial charge in [0.1, 0.15) is 17.6 Å². The van der Waals surface area contributed by atoms with Crippen LogP contribution in [0.15, 0.2) is 48.5 Å². The van der Waals surface area contributed by atoms with Crippen molar-refractivity contribution >= 4 is 11.8 Å². The van der Waals surface area contributed by atoms with Crippen LogP contribution in [0.5, 0.6) is 5.75 Å². The van der Waals surface area contributed by atoms with Crippen molar-refractivity contribution in [1.82, 2.24) is 10.2 Å². The maximum atomic E-state index is 13.2. The summed E-state index contributed by atoms with van der Waals surface area (Å²) >= 11 is 0. The predicted molar refractivity (Wildman–Crippen MR) is 102 cm³/mol. The fourth-order valence-corrected chi connectivity index (χ4v) is 2.74. The lowest BCUT2D eigenvalue weighted by atomic mass is 10.1. The number of hydrogen-bond donors (Lipinski definition) is 1. The van der Waals surface area contributed by atoms with Crippen molar-refractivity contribution in [2.45, 2.75) is 32.9 Å². The number of amides is 2. The summed E-state index contributed by atoms with van der Waals surface area (Å²) in [5, 5.41) is 2.59. The average molecular weight is 372 g/mol. The molecule has 27 heavy (non-hydrogen) atoms. The van der Waals surface area contributed by atoms with Gasteiger partial charge in [-0.15, -0.1) is 0 Å². The van der Waals surface area contributed by atoms with Crippen molar-refractivity contribution in [3.05, 3.63) is 65.5 Å². The number of carbonyl (C=O) groups is 2. The molecule has 0 radical (unpaired) electrons. The highest BCUT2D eigenvalue weighted by atomic mass is 19.1. The van der Waals surface area contributed by atoms with Crippen LogP contribution in [-0.2, 0) is 16.1 Å². The Morgan fingerprint density at radius 1 is 1.11 bits per heavy atom. The van der Waals surface area contributed by atoms with E-state index in [0.717, 1.165) is 11.1 Å². The molecule has 2 aromatic carbocycles. The van der Waals surface area contributed by atoms with E-state index in [0.29, 0.717) is 12.2 Å². The largest absolute Gasteiger partial charge is 0.484 e. The molecule has 6 heteroatoms. The number of ether oxygens (including phenoxy) is 1. The fourth-order valence-electron chi connectivity index (χ4n) is 2.74. The van der Waals surface area contributed by atoms with Gasteiger partial charge in [0.25, 0.3) is 5.91 Å². The zero-order chi connectivity index (χ0) is 19.8. The number of hydrogen-bond acceptors (Lipinski definition) is 3. The first kappa shape index (κ1) is 20.4. The van der Waals surface area contributed by atoms with E-state index in [9.17, 15) is 14.0 Å². The molecule has 0 aliphatic rings. The van der Waals surface area contributed by atoms with Gasteiger partial charge >= 0.3 is 0 Å². The summed E-state index contributed by atoms with van der Waals surface area (Å²) in [4.78, 5) is 26.5. The van der Waals surface area contributed by atoms with Gasteiger partial charge in [-0.1, -0.05) is 36.8 Å². The van der Waals surface area contributed by atoms with Crippen LogP contribution in [0.4, 0.5) is 4.39 Å². The lowest BCUT2D eigenvalue weighted by Crippen LogP contribution is -2.49.